The zero-order valence-corrected chi connectivity index (χ0v) is 12.2. The van der Waals surface area contributed by atoms with Gasteiger partial charge in [0.1, 0.15) is 11.4 Å². The molecule has 0 unspecified atom stereocenters. The van der Waals surface area contributed by atoms with E-state index in [1.54, 1.807) is 49.1 Å². The molecule has 1 aromatic carbocycles. The van der Waals surface area contributed by atoms with Crippen LogP contribution in [0.1, 0.15) is 18.3 Å². The Bertz CT molecular complexity index is 717. The summed E-state index contributed by atoms with van der Waals surface area (Å²) in [6.45, 7) is 1.97. The second kappa shape index (κ2) is 6.66. The van der Waals surface area contributed by atoms with E-state index in [1.807, 2.05) is 0 Å². The highest BCUT2D eigenvalue weighted by atomic mass is 16.6. The predicted octanol–water partition coefficient (Wildman–Crippen LogP) is 2.43. The second-order valence-corrected chi connectivity index (χ2v) is 4.49. The van der Waals surface area contributed by atoms with Crippen molar-refractivity contribution in [3.63, 3.8) is 0 Å². The van der Waals surface area contributed by atoms with Crippen molar-refractivity contribution >= 4 is 23.3 Å². The molecule has 0 N–H and O–H groups in total. The third kappa shape index (κ3) is 3.38. The number of rotatable bonds is 5. The smallest absolute Gasteiger partial charge is 0.341 e. The Hall–Kier alpha value is -2.96. The van der Waals surface area contributed by atoms with Gasteiger partial charge in [0.25, 0.3) is 5.69 Å². The van der Waals surface area contributed by atoms with Crippen LogP contribution in [0, 0.1) is 10.1 Å². The maximum Gasteiger partial charge on any atom is 0.341 e. The van der Waals surface area contributed by atoms with E-state index in [9.17, 15) is 14.9 Å². The van der Waals surface area contributed by atoms with E-state index in [0.29, 0.717) is 17.0 Å². The number of aryl methyl sites for hydroxylation is 1. The third-order valence-corrected chi connectivity index (χ3v) is 2.97. The van der Waals surface area contributed by atoms with Crippen molar-refractivity contribution in [2.45, 2.75) is 6.92 Å². The zero-order chi connectivity index (χ0) is 16.1. The maximum atomic E-state index is 12.1. The second-order valence-electron chi connectivity index (χ2n) is 4.49. The highest BCUT2D eigenvalue weighted by Gasteiger charge is 2.17. The average Bonchev–Trinajstić information content (AvgIpc) is 2.91. The SMILES string of the molecule is CCOC(=O)C(=Cc1ccc([N+](=O)[O-])cc1)c1nccn1C. The molecule has 0 aliphatic carbocycles. The van der Waals surface area contributed by atoms with Gasteiger partial charge in [-0.3, -0.25) is 10.1 Å². The zero-order valence-electron chi connectivity index (χ0n) is 12.2. The Labute approximate surface area is 127 Å². The van der Waals surface area contributed by atoms with Crippen molar-refractivity contribution in [1.82, 2.24) is 9.55 Å². The van der Waals surface area contributed by atoms with Crippen molar-refractivity contribution in [2.75, 3.05) is 6.61 Å². The van der Waals surface area contributed by atoms with E-state index >= 15 is 0 Å². The van der Waals surface area contributed by atoms with E-state index in [-0.39, 0.29) is 12.3 Å². The molecule has 0 saturated heterocycles. The largest absolute Gasteiger partial charge is 0.462 e. The molecule has 0 amide bonds. The van der Waals surface area contributed by atoms with E-state index in [2.05, 4.69) is 4.98 Å². The number of imidazole rings is 1. The summed E-state index contributed by atoms with van der Waals surface area (Å²) in [7, 11) is 1.77. The Kier molecular flexibility index (Phi) is 4.67. The lowest BCUT2D eigenvalue weighted by atomic mass is 10.1. The number of esters is 1. The van der Waals surface area contributed by atoms with Crippen LogP contribution in [0.3, 0.4) is 0 Å². The number of carbonyl (C=O) groups is 1. The molecule has 7 heteroatoms. The molecule has 0 fully saturated rings. The number of aromatic nitrogens is 2. The molecular weight excluding hydrogens is 286 g/mol. The molecule has 22 heavy (non-hydrogen) atoms. The average molecular weight is 301 g/mol. The molecule has 114 valence electrons. The molecule has 0 atom stereocenters. The number of hydrogen-bond donors (Lipinski definition) is 0. The van der Waals surface area contributed by atoms with Crippen molar-refractivity contribution in [1.29, 1.82) is 0 Å². The fourth-order valence-electron chi connectivity index (χ4n) is 1.91. The fourth-order valence-corrected chi connectivity index (χ4v) is 1.91. The Balaban J connectivity index is 2.42. The number of nitro benzene ring substituents is 1. The van der Waals surface area contributed by atoms with Gasteiger partial charge >= 0.3 is 5.97 Å². The van der Waals surface area contributed by atoms with Crippen LogP contribution in [0.2, 0.25) is 0 Å². The summed E-state index contributed by atoms with van der Waals surface area (Å²) in [5, 5.41) is 10.7. The van der Waals surface area contributed by atoms with Crippen LogP contribution in [0.25, 0.3) is 11.6 Å². The number of benzene rings is 1. The van der Waals surface area contributed by atoms with Gasteiger partial charge in [-0.15, -0.1) is 0 Å². The molecule has 0 radical (unpaired) electrons. The molecule has 0 spiro atoms. The number of ether oxygens (including phenoxy) is 1. The summed E-state index contributed by atoms with van der Waals surface area (Å²) in [5.74, 6) is -0.0213. The minimum atomic E-state index is -0.491. The standard InChI is InChI=1S/C15H15N3O4/c1-3-22-15(19)13(14-16-8-9-17(14)2)10-11-4-6-12(7-5-11)18(20)21/h4-10H,3H2,1-2H3. The Morgan fingerprint density at radius 3 is 2.59 bits per heavy atom. The molecule has 0 bridgehead atoms. The molecule has 1 aromatic heterocycles. The van der Waals surface area contributed by atoms with Gasteiger partial charge in [0.2, 0.25) is 0 Å². The molecule has 2 rings (SSSR count). The van der Waals surface area contributed by atoms with Crippen LogP contribution in [-0.2, 0) is 16.6 Å². The fraction of sp³-hybridized carbons (Fsp3) is 0.200. The number of carbonyl (C=O) groups excluding carboxylic acids is 1. The minimum absolute atomic E-state index is 0.00757. The lowest BCUT2D eigenvalue weighted by Gasteiger charge is -2.07. The van der Waals surface area contributed by atoms with Crippen LogP contribution in [0.15, 0.2) is 36.7 Å². The summed E-state index contributed by atoms with van der Waals surface area (Å²) < 4.78 is 6.75. The summed E-state index contributed by atoms with van der Waals surface area (Å²) in [6, 6.07) is 5.90. The predicted molar refractivity (Wildman–Crippen MR) is 80.8 cm³/mol. The lowest BCUT2D eigenvalue weighted by molar-refractivity contribution is -0.384. The number of non-ortho nitro benzene ring substituents is 1. The van der Waals surface area contributed by atoms with Gasteiger partial charge < -0.3 is 9.30 Å². The minimum Gasteiger partial charge on any atom is -0.462 e. The molecule has 1 heterocycles. The number of nitrogens with zero attached hydrogens (tertiary/aromatic N) is 3. The van der Waals surface area contributed by atoms with Crippen molar-refractivity contribution in [2.24, 2.45) is 7.05 Å². The topological polar surface area (TPSA) is 87.3 Å². The highest BCUT2D eigenvalue weighted by molar-refractivity contribution is 6.20. The molecule has 0 aliphatic heterocycles. The first-order chi connectivity index (χ1) is 10.5. The van der Waals surface area contributed by atoms with Crippen molar-refractivity contribution in [3.05, 3.63) is 58.2 Å². The molecule has 2 aromatic rings. The van der Waals surface area contributed by atoms with E-state index in [4.69, 9.17) is 4.74 Å². The van der Waals surface area contributed by atoms with Gasteiger partial charge in [0.15, 0.2) is 0 Å². The van der Waals surface area contributed by atoms with E-state index < -0.39 is 10.9 Å². The summed E-state index contributed by atoms with van der Waals surface area (Å²) in [5.41, 5.74) is 0.937. The van der Waals surface area contributed by atoms with Gasteiger partial charge in [-0.2, -0.15) is 0 Å². The van der Waals surface area contributed by atoms with Gasteiger partial charge in [0, 0.05) is 31.6 Å². The van der Waals surface area contributed by atoms with E-state index in [0.717, 1.165) is 0 Å². The van der Waals surface area contributed by atoms with Crippen LogP contribution in [0.5, 0.6) is 0 Å². The molecular formula is C15H15N3O4. The first kappa shape index (κ1) is 15.4. The normalized spacial score (nSPS) is 11.3. The van der Waals surface area contributed by atoms with Gasteiger partial charge in [-0.05, 0) is 30.7 Å². The Morgan fingerprint density at radius 2 is 2.09 bits per heavy atom. The number of hydrogen-bond acceptors (Lipinski definition) is 5. The molecule has 0 saturated carbocycles. The lowest BCUT2D eigenvalue weighted by Crippen LogP contribution is -2.10. The first-order valence-corrected chi connectivity index (χ1v) is 6.64. The summed E-state index contributed by atoms with van der Waals surface area (Å²) >= 11 is 0. The van der Waals surface area contributed by atoms with E-state index in [1.165, 1.54) is 12.1 Å². The highest BCUT2D eigenvalue weighted by Crippen LogP contribution is 2.20. The molecule has 7 nitrogen and oxygen atoms in total. The quantitative estimate of drug-likeness (QED) is 0.366. The monoisotopic (exact) mass is 301 g/mol. The Morgan fingerprint density at radius 1 is 1.41 bits per heavy atom. The van der Waals surface area contributed by atoms with Crippen molar-refractivity contribution < 1.29 is 14.5 Å². The van der Waals surface area contributed by atoms with Gasteiger partial charge in [0.05, 0.1) is 11.5 Å². The van der Waals surface area contributed by atoms with Crippen LogP contribution >= 0.6 is 0 Å². The van der Waals surface area contributed by atoms with Crippen molar-refractivity contribution in [3.8, 4) is 0 Å². The van der Waals surface area contributed by atoms with Gasteiger partial charge in [-0.25, -0.2) is 9.78 Å². The van der Waals surface area contributed by atoms with Crippen LogP contribution in [0.4, 0.5) is 5.69 Å². The first-order valence-electron chi connectivity index (χ1n) is 6.64. The van der Waals surface area contributed by atoms with Crippen LogP contribution < -0.4 is 0 Å². The third-order valence-electron chi connectivity index (χ3n) is 2.97. The summed E-state index contributed by atoms with van der Waals surface area (Å²) in [4.78, 5) is 26.5. The molecule has 0 aliphatic rings. The maximum absolute atomic E-state index is 12.1. The summed E-state index contributed by atoms with van der Waals surface area (Å²) in [6.07, 6.45) is 4.90. The number of nitro groups is 1. The van der Waals surface area contributed by atoms with Crippen LogP contribution in [-0.4, -0.2) is 27.1 Å². The van der Waals surface area contributed by atoms with Gasteiger partial charge in [-0.1, -0.05) is 0 Å².